The third-order valence-electron chi connectivity index (χ3n) is 6.22. The Bertz CT molecular complexity index is 1040. The van der Waals surface area contributed by atoms with Crippen LogP contribution in [0, 0.1) is 11.8 Å². The number of methoxy groups -OCH3 is 1. The van der Waals surface area contributed by atoms with Crippen molar-refractivity contribution in [1.82, 2.24) is 5.32 Å². The first kappa shape index (κ1) is 26.5. The Balaban J connectivity index is 2.14. The molecular weight excluding hydrogens is 450 g/mol. The maximum absolute atomic E-state index is 13.8. The van der Waals surface area contributed by atoms with Gasteiger partial charge in [-0.25, -0.2) is 4.79 Å². The highest BCUT2D eigenvalue weighted by molar-refractivity contribution is 6.12. The van der Waals surface area contributed by atoms with Crippen molar-refractivity contribution in [3.05, 3.63) is 52.4 Å². The van der Waals surface area contributed by atoms with Crippen LogP contribution in [-0.4, -0.2) is 50.8 Å². The molecule has 1 N–H and O–H groups in total. The van der Waals surface area contributed by atoms with Gasteiger partial charge in [0.2, 0.25) is 0 Å². The summed E-state index contributed by atoms with van der Waals surface area (Å²) in [6, 6.07) is 7.35. The molecule has 0 radical (unpaired) electrons. The number of rotatable bonds is 9. The number of ether oxygens (including phenoxy) is 4. The Morgan fingerprint density at radius 1 is 1.17 bits per heavy atom. The summed E-state index contributed by atoms with van der Waals surface area (Å²) in [4.78, 5) is 39.8. The van der Waals surface area contributed by atoms with E-state index in [1.165, 1.54) is 7.11 Å². The summed E-state index contributed by atoms with van der Waals surface area (Å²) in [6.45, 7) is 10.2. The number of esters is 2. The lowest BCUT2D eigenvalue weighted by atomic mass is 9.69. The van der Waals surface area contributed by atoms with Crippen molar-refractivity contribution >= 4 is 17.7 Å². The van der Waals surface area contributed by atoms with Crippen LogP contribution < -0.4 is 10.1 Å². The smallest absolute Gasteiger partial charge is 0.336 e. The number of Topliss-reactive ketones (excluding diaryl/α,β-unsaturated/α-hetero) is 1. The molecule has 1 aromatic carbocycles. The van der Waals surface area contributed by atoms with Gasteiger partial charge in [0, 0.05) is 29.1 Å². The van der Waals surface area contributed by atoms with Gasteiger partial charge in [0.15, 0.2) is 5.78 Å². The van der Waals surface area contributed by atoms with Gasteiger partial charge in [-0.15, -0.1) is 0 Å². The van der Waals surface area contributed by atoms with Crippen LogP contribution in [0.15, 0.2) is 46.8 Å². The predicted molar refractivity (Wildman–Crippen MR) is 130 cm³/mol. The van der Waals surface area contributed by atoms with Crippen molar-refractivity contribution in [2.45, 2.75) is 53.1 Å². The highest BCUT2D eigenvalue weighted by Gasteiger charge is 2.47. The standard InChI is InChI=1S/C27H35NO7/c1-7-33-12-13-34-27(31)22-17(5)28-19-14-16(4)21(26(30)32-6)25(29)24(19)23(22)18-10-8-9-11-20(18)35-15(2)3/h8-11,15-16,21,23,28H,7,12-14H2,1-6H3/t16-,21+,23+/m0/s1. The molecule has 0 saturated heterocycles. The molecule has 35 heavy (non-hydrogen) atoms. The zero-order valence-corrected chi connectivity index (χ0v) is 21.3. The van der Waals surface area contributed by atoms with Crippen molar-refractivity contribution in [2.75, 3.05) is 26.9 Å². The van der Waals surface area contributed by atoms with Gasteiger partial charge in [0.25, 0.3) is 0 Å². The third-order valence-corrected chi connectivity index (χ3v) is 6.22. The highest BCUT2D eigenvalue weighted by atomic mass is 16.6. The molecule has 1 aliphatic heterocycles. The first-order chi connectivity index (χ1) is 16.7. The van der Waals surface area contributed by atoms with Gasteiger partial charge in [-0.3, -0.25) is 9.59 Å². The number of benzene rings is 1. The Hall–Kier alpha value is -3.13. The zero-order chi connectivity index (χ0) is 25.7. The number of para-hydroxylation sites is 1. The van der Waals surface area contributed by atoms with Crippen LogP contribution >= 0.6 is 0 Å². The van der Waals surface area contributed by atoms with Crippen molar-refractivity contribution < 1.29 is 33.3 Å². The van der Waals surface area contributed by atoms with Gasteiger partial charge in [-0.1, -0.05) is 25.1 Å². The normalized spacial score (nSPS) is 22.0. The van der Waals surface area contributed by atoms with Gasteiger partial charge in [-0.2, -0.15) is 0 Å². The summed E-state index contributed by atoms with van der Waals surface area (Å²) in [5.74, 6) is -2.87. The van der Waals surface area contributed by atoms with E-state index in [0.29, 0.717) is 46.9 Å². The average molecular weight is 486 g/mol. The van der Waals surface area contributed by atoms with Gasteiger partial charge >= 0.3 is 11.9 Å². The van der Waals surface area contributed by atoms with E-state index in [2.05, 4.69) is 5.32 Å². The Morgan fingerprint density at radius 2 is 1.89 bits per heavy atom. The number of carbonyl (C=O) groups excluding carboxylic acids is 3. The molecule has 3 atom stereocenters. The van der Waals surface area contributed by atoms with Crippen LogP contribution in [-0.2, 0) is 28.6 Å². The van der Waals surface area contributed by atoms with Gasteiger partial charge in [0.1, 0.15) is 18.3 Å². The molecule has 8 heteroatoms. The number of hydrogen-bond acceptors (Lipinski definition) is 8. The van der Waals surface area contributed by atoms with Crippen LogP contribution in [0.25, 0.3) is 0 Å². The number of allylic oxidation sites excluding steroid dienone is 3. The second kappa shape index (κ2) is 11.5. The van der Waals surface area contributed by atoms with E-state index in [9.17, 15) is 14.4 Å². The van der Waals surface area contributed by atoms with Crippen LogP contribution in [0.3, 0.4) is 0 Å². The van der Waals surface area contributed by atoms with Crippen molar-refractivity contribution in [2.24, 2.45) is 11.8 Å². The summed E-state index contributed by atoms with van der Waals surface area (Å²) >= 11 is 0. The topological polar surface area (TPSA) is 100 Å². The molecule has 1 heterocycles. The van der Waals surface area contributed by atoms with Crippen LogP contribution in [0.5, 0.6) is 5.75 Å². The monoisotopic (exact) mass is 485 g/mol. The number of hydrogen-bond donors (Lipinski definition) is 1. The first-order valence-electron chi connectivity index (χ1n) is 12.0. The maximum atomic E-state index is 13.8. The fourth-order valence-electron chi connectivity index (χ4n) is 4.76. The Morgan fingerprint density at radius 3 is 2.54 bits per heavy atom. The number of ketones is 1. The zero-order valence-electron chi connectivity index (χ0n) is 21.3. The molecule has 0 spiro atoms. The molecule has 0 fully saturated rings. The third kappa shape index (κ3) is 5.59. The highest BCUT2D eigenvalue weighted by Crippen LogP contribution is 2.47. The minimum absolute atomic E-state index is 0.0853. The molecule has 3 rings (SSSR count). The van der Waals surface area contributed by atoms with Gasteiger partial charge < -0.3 is 24.3 Å². The summed E-state index contributed by atoms with van der Waals surface area (Å²) in [5, 5.41) is 3.26. The molecule has 1 aliphatic carbocycles. The van der Waals surface area contributed by atoms with E-state index >= 15 is 0 Å². The van der Waals surface area contributed by atoms with Crippen LogP contribution in [0.2, 0.25) is 0 Å². The molecule has 190 valence electrons. The molecule has 0 aromatic heterocycles. The minimum atomic E-state index is -0.949. The lowest BCUT2D eigenvalue weighted by Gasteiger charge is -2.38. The molecule has 0 saturated carbocycles. The molecule has 8 nitrogen and oxygen atoms in total. The van der Waals surface area contributed by atoms with Crippen molar-refractivity contribution in [3.63, 3.8) is 0 Å². The lowest BCUT2D eigenvalue weighted by Crippen LogP contribution is -2.43. The largest absolute Gasteiger partial charge is 0.491 e. The van der Waals surface area contributed by atoms with E-state index < -0.39 is 23.8 Å². The fourth-order valence-corrected chi connectivity index (χ4v) is 4.76. The SMILES string of the molecule is CCOCCOC(=O)C1=C(C)NC2=C(C(=O)[C@H](C(=O)OC)[C@@H](C)C2)[C@@H]1c1ccccc1OC(C)C. The Kier molecular flexibility index (Phi) is 8.72. The second-order valence-electron chi connectivity index (χ2n) is 9.07. The van der Waals surface area contributed by atoms with Crippen molar-refractivity contribution in [1.29, 1.82) is 0 Å². The van der Waals surface area contributed by atoms with Gasteiger partial charge in [0.05, 0.1) is 31.3 Å². The number of dihydropyridines is 1. The maximum Gasteiger partial charge on any atom is 0.336 e. The first-order valence-corrected chi connectivity index (χ1v) is 12.0. The molecular formula is C27H35NO7. The van der Waals surface area contributed by atoms with Crippen LogP contribution in [0.1, 0.15) is 52.5 Å². The molecule has 0 amide bonds. The van der Waals surface area contributed by atoms with Crippen molar-refractivity contribution in [3.8, 4) is 5.75 Å². The molecule has 2 aliphatic rings. The molecule has 0 unspecified atom stereocenters. The summed E-state index contributed by atoms with van der Waals surface area (Å²) < 4.78 is 21.8. The number of carbonyl (C=O) groups is 3. The predicted octanol–water partition coefficient (Wildman–Crippen LogP) is 3.67. The van der Waals surface area contributed by atoms with E-state index in [1.807, 2.05) is 52.0 Å². The fraction of sp³-hybridized carbons (Fsp3) is 0.519. The summed E-state index contributed by atoms with van der Waals surface area (Å²) in [7, 11) is 1.28. The van der Waals surface area contributed by atoms with Gasteiger partial charge in [-0.05, 0) is 46.1 Å². The second-order valence-corrected chi connectivity index (χ2v) is 9.07. The van der Waals surface area contributed by atoms with E-state index in [0.717, 1.165) is 0 Å². The van der Waals surface area contributed by atoms with E-state index in [4.69, 9.17) is 18.9 Å². The summed E-state index contributed by atoms with van der Waals surface area (Å²) in [6.07, 6.45) is 0.344. The summed E-state index contributed by atoms with van der Waals surface area (Å²) in [5.41, 5.74) is 2.66. The lowest BCUT2D eigenvalue weighted by molar-refractivity contribution is -0.151. The average Bonchev–Trinajstić information content (AvgIpc) is 2.80. The quantitative estimate of drug-likeness (QED) is 0.321. The minimum Gasteiger partial charge on any atom is -0.491 e. The van der Waals surface area contributed by atoms with E-state index in [1.54, 1.807) is 6.92 Å². The van der Waals surface area contributed by atoms with Crippen LogP contribution in [0.4, 0.5) is 0 Å². The molecule has 1 aromatic rings. The molecule has 0 bridgehead atoms. The Labute approximate surface area is 206 Å². The van der Waals surface area contributed by atoms with E-state index in [-0.39, 0.29) is 31.0 Å². The number of nitrogens with one attached hydrogen (secondary N) is 1.